The number of anilines is 1. The monoisotopic (exact) mass is 293 g/mol. The van der Waals surface area contributed by atoms with Gasteiger partial charge in [-0.15, -0.1) is 0 Å². The fourth-order valence-electron chi connectivity index (χ4n) is 2.34. The van der Waals surface area contributed by atoms with Crippen LogP contribution in [0.2, 0.25) is 0 Å². The largest absolute Gasteiger partial charge is 0.424 e. The van der Waals surface area contributed by atoms with Crippen molar-refractivity contribution in [3.8, 4) is 0 Å². The molecule has 0 spiro atoms. The summed E-state index contributed by atoms with van der Waals surface area (Å²) < 4.78 is 5.77. The number of hydrogen-bond acceptors (Lipinski definition) is 6. The Bertz CT molecular complexity index is 649. The number of fused-ring (bicyclic) bond motifs is 1. The molecule has 3 rings (SSSR count). The molecule has 2 aromatic rings. The molecule has 0 radical (unpaired) electrons. The third-order valence-corrected chi connectivity index (χ3v) is 5.03. The van der Waals surface area contributed by atoms with Gasteiger partial charge in [0.15, 0.2) is 5.58 Å². The van der Waals surface area contributed by atoms with Crippen LogP contribution in [0.15, 0.2) is 22.6 Å². The number of nitrogens with zero attached hydrogens (tertiary/aromatic N) is 2. The van der Waals surface area contributed by atoms with Crippen molar-refractivity contribution in [3.05, 3.63) is 28.3 Å². The van der Waals surface area contributed by atoms with Gasteiger partial charge in [0.25, 0.3) is 11.7 Å². The van der Waals surface area contributed by atoms with Gasteiger partial charge in [-0.05, 0) is 31.6 Å². The first-order valence-corrected chi connectivity index (χ1v) is 7.47. The van der Waals surface area contributed by atoms with Crippen molar-refractivity contribution >= 4 is 34.6 Å². The van der Waals surface area contributed by atoms with Crippen LogP contribution in [-0.2, 0) is 0 Å². The zero-order chi connectivity index (χ0) is 14.2. The Kier molecular flexibility index (Phi) is 3.29. The molecule has 1 unspecified atom stereocenters. The molecule has 1 atom stereocenters. The van der Waals surface area contributed by atoms with Crippen molar-refractivity contribution in [2.45, 2.75) is 24.5 Å². The van der Waals surface area contributed by atoms with Crippen LogP contribution >= 0.6 is 11.8 Å². The van der Waals surface area contributed by atoms with Gasteiger partial charge in [-0.1, -0.05) is 0 Å². The second-order valence-corrected chi connectivity index (χ2v) is 6.87. The number of non-ortho nitro benzene ring substituents is 1. The molecular formula is C13H15N3O3S. The number of oxazole rings is 1. The highest BCUT2D eigenvalue weighted by atomic mass is 32.2. The van der Waals surface area contributed by atoms with Crippen molar-refractivity contribution in [1.29, 1.82) is 0 Å². The lowest BCUT2D eigenvalue weighted by Crippen LogP contribution is -2.27. The number of rotatable bonds is 4. The van der Waals surface area contributed by atoms with E-state index in [9.17, 15) is 10.1 Å². The highest BCUT2D eigenvalue weighted by molar-refractivity contribution is 8.00. The van der Waals surface area contributed by atoms with Crippen molar-refractivity contribution in [1.82, 2.24) is 4.98 Å². The number of nitrogens with one attached hydrogen (secondary N) is 1. The fraction of sp³-hybridized carbons (Fsp3) is 0.462. The predicted molar refractivity (Wildman–Crippen MR) is 79.3 cm³/mol. The summed E-state index contributed by atoms with van der Waals surface area (Å²) in [4.78, 5) is 14.5. The molecule has 0 amide bonds. The SMILES string of the molecule is CC1(CNc2nc3cc([N+](=O)[O-])ccc3o2)CCCS1. The summed E-state index contributed by atoms with van der Waals surface area (Å²) in [6.07, 6.45) is 2.42. The summed E-state index contributed by atoms with van der Waals surface area (Å²) in [5, 5.41) is 13.9. The van der Waals surface area contributed by atoms with E-state index in [1.165, 1.54) is 30.7 Å². The smallest absolute Gasteiger partial charge is 0.295 e. The van der Waals surface area contributed by atoms with Gasteiger partial charge in [-0.2, -0.15) is 16.7 Å². The highest BCUT2D eigenvalue weighted by Crippen LogP contribution is 2.37. The van der Waals surface area contributed by atoms with Crippen molar-refractivity contribution in [2.24, 2.45) is 0 Å². The Morgan fingerprint density at radius 3 is 3.15 bits per heavy atom. The van der Waals surface area contributed by atoms with Gasteiger partial charge in [-0.25, -0.2) is 0 Å². The number of nitro groups is 1. The number of hydrogen-bond donors (Lipinski definition) is 1. The molecule has 2 heterocycles. The van der Waals surface area contributed by atoms with Gasteiger partial charge < -0.3 is 9.73 Å². The first-order chi connectivity index (χ1) is 9.56. The maximum atomic E-state index is 10.7. The molecule has 0 aliphatic carbocycles. The van der Waals surface area contributed by atoms with Gasteiger partial charge in [0.05, 0.1) is 4.92 Å². The summed E-state index contributed by atoms with van der Waals surface area (Å²) >= 11 is 1.96. The molecule has 1 N–H and O–H groups in total. The molecule has 1 aliphatic heterocycles. The summed E-state index contributed by atoms with van der Waals surface area (Å²) in [7, 11) is 0. The summed E-state index contributed by atoms with van der Waals surface area (Å²) in [6.45, 7) is 3.01. The average molecular weight is 293 g/mol. The summed E-state index contributed by atoms with van der Waals surface area (Å²) in [6, 6.07) is 4.85. The van der Waals surface area contributed by atoms with E-state index in [0.717, 1.165) is 6.54 Å². The van der Waals surface area contributed by atoms with Crippen molar-refractivity contribution in [3.63, 3.8) is 0 Å². The van der Waals surface area contributed by atoms with E-state index in [-0.39, 0.29) is 10.4 Å². The van der Waals surface area contributed by atoms with E-state index in [1.807, 2.05) is 11.8 Å². The van der Waals surface area contributed by atoms with Crippen LogP contribution in [0.25, 0.3) is 11.1 Å². The molecule has 1 aliphatic rings. The molecule has 1 aromatic heterocycles. The highest BCUT2D eigenvalue weighted by Gasteiger charge is 2.29. The van der Waals surface area contributed by atoms with E-state index < -0.39 is 4.92 Å². The first kappa shape index (κ1) is 13.2. The minimum Gasteiger partial charge on any atom is -0.424 e. The molecule has 1 saturated heterocycles. The molecule has 20 heavy (non-hydrogen) atoms. The quantitative estimate of drug-likeness (QED) is 0.687. The number of nitro benzene ring substituents is 1. The molecule has 0 saturated carbocycles. The molecule has 0 bridgehead atoms. The Labute approximate surface area is 120 Å². The van der Waals surface area contributed by atoms with Crippen LogP contribution in [0, 0.1) is 10.1 Å². The molecule has 1 fully saturated rings. The average Bonchev–Trinajstić information content (AvgIpc) is 3.01. The van der Waals surface area contributed by atoms with Gasteiger partial charge in [0, 0.05) is 23.4 Å². The normalized spacial score (nSPS) is 22.2. The minimum absolute atomic E-state index is 0.0238. The maximum absolute atomic E-state index is 10.7. The lowest BCUT2D eigenvalue weighted by Gasteiger charge is -2.21. The van der Waals surface area contributed by atoms with Gasteiger partial charge >= 0.3 is 0 Å². The van der Waals surface area contributed by atoms with E-state index in [1.54, 1.807) is 6.07 Å². The van der Waals surface area contributed by atoms with Crippen LogP contribution in [0.3, 0.4) is 0 Å². The van der Waals surface area contributed by atoms with Crippen LogP contribution < -0.4 is 5.32 Å². The zero-order valence-electron chi connectivity index (χ0n) is 11.1. The zero-order valence-corrected chi connectivity index (χ0v) is 11.9. The minimum atomic E-state index is -0.433. The number of benzene rings is 1. The first-order valence-electron chi connectivity index (χ1n) is 6.49. The van der Waals surface area contributed by atoms with Crippen LogP contribution in [0.1, 0.15) is 19.8 Å². The molecule has 7 heteroatoms. The molecular weight excluding hydrogens is 278 g/mol. The molecule has 1 aromatic carbocycles. The van der Waals surface area contributed by atoms with Crippen LogP contribution in [0.5, 0.6) is 0 Å². The molecule has 6 nitrogen and oxygen atoms in total. The van der Waals surface area contributed by atoms with Gasteiger partial charge in [0.1, 0.15) is 5.52 Å². The lowest BCUT2D eigenvalue weighted by atomic mass is 10.1. The Balaban J connectivity index is 1.77. The third-order valence-electron chi connectivity index (χ3n) is 3.50. The fourth-order valence-corrected chi connectivity index (χ4v) is 3.59. The topological polar surface area (TPSA) is 81.2 Å². The predicted octanol–water partition coefficient (Wildman–Crippen LogP) is 3.43. The second kappa shape index (κ2) is 4.97. The second-order valence-electron chi connectivity index (χ2n) is 5.18. The Hall–Kier alpha value is -1.76. The van der Waals surface area contributed by atoms with Gasteiger partial charge in [0.2, 0.25) is 0 Å². The van der Waals surface area contributed by atoms with Gasteiger partial charge in [-0.3, -0.25) is 10.1 Å². The standard InChI is InChI=1S/C13H15N3O3S/c1-13(5-2-6-20-13)8-14-12-15-10-7-9(16(17)18)3-4-11(10)19-12/h3-4,7H,2,5-6,8H2,1H3,(H,14,15). The van der Waals surface area contributed by atoms with E-state index in [4.69, 9.17) is 4.42 Å². The van der Waals surface area contributed by atoms with Crippen molar-refractivity contribution in [2.75, 3.05) is 17.6 Å². The van der Waals surface area contributed by atoms with E-state index in [0.29, 0.717) is 17.1 Å². The van der Waals surface area contributed by atoms with Crippen LogP contribution in [0.4, 0.5) is 11.7 Å². The number of aromatic nitrogens is 1. The van der Waals surface area contributed by atoms with Crippen molar-refractivity contribution < 1.29 is 9.34 Å². The third kappa shape index (κ3) is 2.58. The van der Waals surface area contributed by atoms with Crippen LogP contribution in [-0.4, -0.2) is 27.0 Å². The van der Waals surface area contributed by atoms with E-state index >= 15 is 0 Å². The summed E-state index contributed by atoms with van der Waals surface area (Å²) in [5.41, 5.74) is 1.09. The lowest BCUT2D eigenvalue weighted by molar-refractivity contribution is -0.384. The Morgan fingerprint density at radius 1 is 1.60 bits per heavy atom. The summed E-state index contributed by atoms with van der Waals surface area (Å²) in [5.74, 6) is 1.19. The number of thioether (sulfide) groups is 1. The van der Waals surface area contributed by atoms with E-state index in [2.05, 4.69) is 17.2 Å². The molecule has 106 valence electrons. The Morgan fingerprint density at radius 2 is 2.45 bits per heavy atom. The maximum Gasteiger partial charge on any atom is 0.295 e.